The van der Waals surface area contributed by atoms with E-state index >= 15 is 0 Å². The van der Waals surface area contributed by atoms with Crippen molar-refractivity contribution in [2.45, 2.75) is 0 Å². The summed E-state index contributed by atoms with van der Waals surface area (Å²) in [5.41, 5.74) is 5.18. The molecule has 0 saturated carbocycles. The fourth-order valence-electron chi connectivity index (χ4n) is 1.12. The highest BCUT2D eigenvalue weighted by molar-refractivity contribution is 7.13. The van der Waals surface area contributed by atoms with Gasteiger partial charge < -0.3 is 0 Å². The molecule has 0 unspecified atom stereocenters. The Balaban J connectivity index is 2.85. The summed E-state index contributed by atoms with van der Waals surface area (Å²) in [5, 5.41) is 0.853. The highest BCUT2D eigenvalue weighted by Crippen LogP contribution is 2.26. The lowest BCUT2D eigenvalue weighted by molar-refractivity contribution is -0.827. The van der Waals surface area contributed by atoms with Crippen molar-refractivity contribution in [1.29, 1.82) is 0 Å². The second kappa shape index (κ2) is 6.24. The topological polar surface area (TPSA) is 38.7 Å². The van der Waals surface area contributed by atoms with E-state index in [1.165, 1.54) is 23.5 Å². The van der Waals surface area contributed by atoms with Crippen LogP contribution in [0, 0.1) is 0 Å². The molecule has 5 heteroatoms. The second-order valence-corrected chi connectivity index (χ2v) is 4.09. The molecule has 0 atom stereocenters. The first kappa shape index (κ1) is 13.5. The number of thiazole rings is 1. The minimum atomic E-state index is -0.527. The monoisotopic (exact) mass is 253 g/mol. The Morgan fingerprint density at radius 1 is 1.47 bits per heavy atom. The molecule has 90 valence electrons. The SMILES string of the molecule is C=C(F)/C=C\C(=C)C(=C)c1ncsc1[NH2+]OC. The number of rotatable bonds is 6. The fourth-order valence-corrected chi connectivity index (χ4v) is 1.83. The number of quaternary nitrogens is 1. The van der Waals surface area contributed by atoms with Gasteiger partial charge in [-0.25, -0.2) is 14.2 Å². The molecule has 0 aromatic carbocycles. The largest absolute Gasteiger partial charge is 0.245 e. The first-order valence-electron chi connectivity index (χ1n) is 4.76. The molecular formula is C12H14FN2OS+. The molecule has 1 rings (SSSR count). The van der Waals surface area contributed by atoms with Crippen molar-refractivity contribution in [2.75, 3.05) is 7.11 Å². The Morgan fingerprint density at radius 3 is 2.76 bits per heavy atom. The zero-order valence-electron chi connectivity index (χ0n) is 9.57. The van der Waals surface area contributed by atoms with Gasteiger partial charge in [0.25, 0.3) is 0 Å². The van der Waals surface area contributed by atoms with E-state index < -0.39 is 5.83 Å². The third-order valence-electron chi connectivity index (χ3n) is 1.96. The first-order valence-corrected chi connectivity index (χ1v) is 5.64. The van der Waals surface area contributed by atoms with Crippen molar-refractivity contribution in [2.24, 2.45) is 0 Å². The number of nitrogens with two attached hydrogens (primary N) is 1. The number of hydrogen-bond acceptors (Lipinski definition) is 3. The number of allylic oxidation sites excluding steroid dienone is 5. The average molecular weight is 253 g/mol. The van der Waals surface area contributed by atoms with Crippen molar-refractivity contribution < 1.29 is 14.7 Å². The van der Waals surface area contributed by atoms with Crippen molar-refractivity contribution in [1.82, 2.24) is 4.98 Å². The summed E-state index contributed by atoms with van der Waals surface area (Å²) in [6.07, 6.45) is 2.75. The molecule has 0 aliphatic heterocycles. The highest BCUT2D eigenvalue weighted by atomic mass is 32.1. The first-order chi connectivity index (χ1) is 8.06. The summed E-state index contributed by atoms with van der Waals surface area (Å²) in [6, 6.07) is 0. The fraction of sp³-hybridized carbons (Fsp3) is 0.0833. The Kier molecular flexibility index (Phi) is 4.96. The zero-order valence-corrected chi connectivity index (χ0v) is 10.4. The molecule has 2 N–H and O–H groups in total. The van der Waals surface area contributed by atoms with Gasteiger partial charge in [-0.1, -0.05) is 37.1 Å². The molecule has 1 heterocycles. The lowest BCUT2D eigenvalue weighted by Gasteiger charge is -2.02. The molecule has 0 bridgehead atoms. The molecular weight excluding hydrogens is 239 g/mol. The molecule has 17 heavy (non-hydrogen) atoms. The van der Waals surface area contributed by atoms with Crippen molar-refractivity contribution in [3.8, 4) is 0 Å². The van der Waals surface area contributed by atoms with Crippen LogP contribution in [0.2, 0.25) is 0 Å². The second-order valence-electron chi connectivity index (χ2n) is 3.20. The van der Waals surface area contributed by atoms with Crippen LogP contribution in [0.4, 0.5) is 9.39 Å². The Bertz CT molecular complexity index is 477. The molecule has 0 fully saturated rings. The minimum Gasteiger partial charge on any atom is -0.238 e. The van der Waals surface area contributed by atoms with E-state index in [0.29, 0.717) is 16.8 Å². The van der Waals surface area contributed by atoms with E-state index in [1.54, 1.807) is 18.1 Å². The zero-order chi connectivity index (χ0) is 12.8. The quantitative estimate of drug-likeness (QED) is 0.625. The van der Waals surface area contributed by atoms with Gasteiger partial charge in [0.1, 0.15) is 11.5 Å². The van der Waals surface area contributed by atoms with Gasteiger partial charge in [0, 0.05) is 5.57 Å². The number of nitrogens with zero attached hydrogens (tertiary/aromatic N) is 1. The van der Waals surface area contributed by atoms with E-state index in [1.807, 2.05) is 0 Å². The molecule has 3 nitrogen and oxygen atoms in total. The average Bonchev–Trinajstić information content (AvgIpc) is 2.73. The Hall–Kier alpha value is -1.56. The summed E-state index contributed by atoms with van der Waals surface area (Å²) < 4.78 is 12.5. The molecule has 0 aliphatic carbocycles. The number of halogens is 1. The number of hydrogen-bond donors (Lipinski definition) is 1. The van der Waals surface area contributed by atoms with Gasteiger partial charge in [0.2, 0.25) is 5.00 Å². The Labute approximate surface area is 104 Å². The summed E-state index contributed by atoms with van der Waals surface area (Å²) in [5.74, 6) is -0.527. The standard InChI is InChI=1S/C12H13FN2OS/c1-8(5-6-9(2)13)10(3)11-12(15-16-4)17-7-14-11/h5-7,15H,1-3H2,4H3/p+1/b6-5-. The number of aromatic nitrogens is 1. The molecule has 0 aliphatic rings. The van der Waals surface area contributed by atoms with Crippen LogP contribution in [0.3, 0.4) is 0 Å². The third kappa shape index (κ3) is 3.74. The maximum absolute atomic E-state index is 12.5. The summed E-state index contributed by atoms with van der Waals surface area (Å²) >= 11 is 1.43. The van der Waals surface area contributed by atoms with Crippen LogP contribution in [-0.2, 0) is 4.84 Å². The van der Waals surface area contributed by atoms with Gasteiger partial charge in [0.15, 0.2) is 0 Å². The predicted octanol–water partition coefficient (Wildman–Crippen LogP) is 2.51. The van der Waals surface area contributed by atoms with Crippen LogP contribution in [0.25, 0.3) is 5.57 Å². The maximum atomic E-state index is 12.5. The van der Waals surface area contributed by atoms with Gasteiger partial charge in [-0.05, 0) is 11.6 Å². The normalized spacial score (nSPS) is 10.7. The van der Waals surface area contributed by atoms with Crippen molar-refractivity contribution >= 4 is 21.9 Å². The van der Waals surface area contributed by atoms with E-state index in [4.69, 9.17) is 4.84 Å². The molecule has 1 aromatic heterocycles. The van der Waals surface area contributed by atoms with E-state index in [9.17, 15) is 4.39 Å². The van der Waals surface area contributed by atoms with Crippen LogP contribution >= 0.6 is 11.3 Å². The van der Waals surface area contributed by atoms with E-state index in [2.05, 4.69) is 24.7 Å². The van der Waals surface area contributed by atoms with E-state index in [-0.39, 0.29) is 0 Å². The maximum Gasteiger partial charge on any atom is 0.245 e. The van der Waals surface area contributed by atoms with E-state index in [0.717, 1.165) is 5.00 Å². The van der Waals surface area contributed by atoms with Gasteiger partial charge >= 0.3 is 0 Å². The molecule has 0 saturated heterocycles. The smallest absolute Gasteiger partial charge is 0.238 e. The van der Waals surface area contributed by atoms with Crippen LogP contribution in [0.1, 0.15) is 5.69 Å². The lowest BCUT2D eigenvalue weighted by Crippen LogP contribution is -2.75. The Morgan fingerprint density at radius 2 is 2.18 bits per heavy atom. The highest BCUT2D eigenvalue weighted by Gasteiger charge is 2.14. The van der Waals surface area contributed by atoms with Crippen LogP contribution in [-0.4, -0.2) is 12.1 Å². The summed E-state index contributed by atoms with van der Waals surface area (Å²) in [6.45, 7) is 10.8. The summed E-state index contributed by atoms with van der Waals surface area (Å²) in [4.78, 5) is 9.12. The van der Waals surface area contributed by atoms with Crippen LogP contribution < -0.4 is 5.48 Å². The summed E-state index contributed by atoms with van der Waals surface area (Å²) in [7, 11) is 1.56. The minimum absolute atomic E-state index is 0.527. The molecule has 1 aromatic rings. The molecule has 0 amide bonds. The van der Waals surface area contributed by atoms with Crippen LogP contribution in [0.5, 0.6) is 0 Å². The van der Waals surface area contributed by atoms with Crippen LogP contribution in [0.15, 0.2) is 48.8 Å². The van der Waals surface area contributed by atoms with Crippen molar-refractivity contribution in [3.05, 3.63) is 54.5 Å². The lowest BCUT2D eigenvalue weighted by atomic mass is 10.1. The molecule has 0 spiro atoms. The predicted molar refractivity (Wildman–Crippen MR) is 68.3 cm³/mol. The van der Waals surface area contributed by atoms with Gasteiger partial charge in [-0.3, -0.25) is 0 Å². The third-order valence-corrected chi connectivity index (χ3v) is 2.71. The molecule has 0 radical (unpaired) electrons. The van der Waals surface area contributed by atoms with Gasteiger partial charge in [-0.2, -0.15) is 5.48 Å². The van der Waals surface area contributed by atoms with Gasteiger partial charge in [-0.15, -0.1) is 0 Å². The van der Waals surface area contributed by atoms with Gasteiger partial charge in [0.05, 0.1) is 12.6 Å². The van der Waals surface area contributed by atoms with Crippen molar-refractivity contribution in [3.63, 3.8) is 0 Å².